The van der Waals surface area contributed by atoms with Crippen molar-refractivity contribution in [3.63, 3.8) is 0 Å². The summed E-state index contributed by atoms with van der Waals surface area (Å²) in [6.45, 7) is 7.79. The zero-order chi connectivity index (χ0) is 29.9. The van der Waals surface area contributed by atoms with Gasteiger partial charge in [-0.3, -0.25) is 9.59 Å². The fourth-order valence-electron chi connectivity index (χ4n) is 4.64. The van der Waals surface area contributed by atoms with Gasteiger partial charge in [0.15, 0.2) is 11.5 Å². The normalized spacial score (nSPS) is 17.5. The van der Waals surface area contributed by atoms with Crippen LogP contribution in [0.1, 0.15) is 74.3 Å². The van der Waals surface area contributed by atoms with Crippen LogP contribution in [0.5, 0.6) is 11.6 Å². The first-order chi connectivity index (χ1) is 19.1. The van der Waals surface area contributed by atoms with Crippen LogP contribution in [0.4, 0.5) is 8.78 Å². The molecule has 1 saturated carbocycles. The van der Waals surface area contributed by atoms with E-state index in [2.05, 4.69) is 9.97 Å². The Labute approximate surface area is 250 Å². The average Bonchev–Trinajstić information content (AvgIpc) is 3.70. The molecule has 1 aliphatic heterocycles. The van der Waals surface area contributed by atoms with Crippen LogP contribution in [0, 0.1) is 11.8 Å². The number of hydrogen-bond donors (Lipinski definition) is 1. The number of rotatable bonds is 11. The SMILES string of the molecule is C.CC.CC(=O)[C@@H]1[C@H](C)CCN1C(=O)CN.COc1ccc2nc(C(F)(F)COCCCC3CC3)c(OC)nc2c1.O.[HH]. The fraction of sp³-hybridized carbons (Fsp3) is 0.667. The molecular formula is C30H52F2N4O6. The van der Waals surface area contributed by atoms with Crippen molar-refractivity contribution in [2.45, 2.75) is 79.2 Å². The molecule has 12 heteroatoms. The van der Waals surface area contributed by atoms with Crippen LogP contribution in [0.25, 0.3) is 11.0 Å². The highest BCUT2D eigenvalue weighted by atomic mass is 19.3. The summed E-state index contributed by atoms with van der Waals surface area (Å²) in [4.78, 5) is 32.4. The van der Waals surface area contributed by atoms with Crippen molar-refractivity contribution < 1.29 is 39.5 Å². The number of carbonyl (C=O) groups is 2. The van der Waals surface area contributed by atoms with Crippen LogP contribution >= 0.6 is 0 Å². The van der Waals surface area contributed by atoms with E-state index >= 15 is 0 Å². The molecular weight excluding hydrogens is 550 g/mol. The van der Waals surface area contributed by atoms with Crippen LogP contribution in [0.3, 0.4) is 0 Å². The quantitative estimate of drug-likeness (QED) is 0.361. The molecule has 10 nitrogen and oxygen atoms in total. The Bertz CT molecular complexity index is 1120. The second-order valence-corrected chi connectivity index (χ2v) is 9.89. The maximum Gasteiger partial charge on any atom is 0.317 e. The number of ketones is 1. The minimum atomic E-state index is -3.27. The first-order valence-corrected chi connectivity index (χ1v) is 14.0. The van der Waals surface area contributed by atoms with Gasteiger partial charge in [0.2, 0.25) is 11.8 Å². The van der Waals surface area contributed by atoms with Gasteiger partial charge in [-0.05, 0) is 50.2 Å². The Morgan fingerprint density at radius 3 is 2.33 bits per heavy atom. The summed E-state index contributed by atoms with van der Waals surface area (Å²) in [5.74, 6) is -1.92. The van der Waals surface area contributed by atoms with E-state index in [4.69, 9.17) is 19.9 Å². The number of fused-ring (bicyclic) bond motifs is 1. The molecule has 1 amide bonds. The maximum atomic E-state index is 14.5. The molecule has 2 fully saturated rings. The van der Waals surface area contributed by atoms with Gasteiger partial charge >= 0.3 is 5.92 Å². The van der Waals surface area contributed by atoms with Gasteiger partial charge in [0.25, 0.3) is 0 Å². The molecule has 242 valence electrons. The lowest BCUT2D eigenvalue weighted by Gasteiger charge is -2.23. The smallest absolute Gasteiger partial charge is 0.317 e. The van der Waals surface area contributed by atoms with Crippen molar-refractivity contribution in [1.82, 2.24) is 14.9 Å². The summed E-state index contributed by atoms with van der Waals surface area (Å²) in [5.41, 5.74) is 5.54. The molecule has 2 aromatic rings. The lowest BCUT2D eigenvalue weighted by molar-refractivity contribution is -0.136. The number of nitrogens with two attached hydrogens (primary N) is 1. The van der Waals surface area contributed by atoms with Crippen molar-refractivity contribution in [1.29, 1.82) is 0 Å². The monoisotopic (exact) mass is 602 g/mol. The van der Waals surface area contributed by atoms with Gasteiger partial charge in [-0.1, -0.05) is 41.0 Å². The van der Waals surface area contributed by atoms with E-state index in [0.29, 0.717) is 29.9 Å². The molecule has 1 aromatic heterocycles. The first kappa shape index (κ1) is 39.0. The minimum absolute atomic E-state index is 0. The number of benzene rings is 1. The van der Waals surface area contributed by atoms with Crippen molar-refractivity contribution in [2.75, 3.05) is 40.5 Å². The minimum Gasteiger partial charge on any atom is -0.497 e. The molecule has 0 bridgehead atoms. The highest BCUT2D eigenvalue weighted by Crippen LogP contribution is 2.35. The number of aromatic nitrogens is 2. The molecule has 2 heterocycles. The van der Waals surface area contributed by atoms with Crippen LogP contribution < -0.4 is 15.2 Å². The maximum absolute atomic E-state index is 14.5. The van der Waals surface area contributed by atoms with Crippen LogP contribution in [-0.2, 0) is 20.2 Å². The summed E-state index contributed by atoms with van der Waals surface area (Å²) in [5, 5.41) is 0. The summed E-state index contributed by atoms with van der Waals surface area (Å²) in [7, 11) is 2.82. The number of carbonyl (C=O) groups excluding carboxylic acids is 2. The first-order valence-electron chi connectivity index (χ1n) is 14.0. The lowest BCUT2D eigenvalue weighted by Crippen LogP contribution is -2.44. The number of likely N-dealkylation sites (tertiary alicyclic amines) is 1. The number of hydrogen-bond acceptors (Lipinski definition) is 8. The Morgan fingerprint density at radius 2 is 1.79 bits per heavy atom. The number of Topliss-reactive ketones (excluding diaryl/α,β-unsaturated/α-hetero) is 1. The van der Waals surface area contributed by atoms with Crippen LogP contribution in [0.2, 0.25) is 0 Å². The molecule has 1 aliphatic carbocycles. The van der Waals surface area contributed by atoms with Crippen molar-refractivity contribution in [3.05, 3.63) is 23.9 Å². The number of ether oxygens (including phenoxy) is 3. The average molecular weight is 603 g/mol. The van der Waals surface area contributed by atoms with Crippen molar-refractivity contribution in [3.8, 4) is 11.6 Å². The second kappa shape index (κ2) is 18.6. The van der Waals surface area contributed by atoms with Gasteiger partial charge in [0.05, 0.1) is 37.8 Å². The van der Waals surface area contributed by atoms with E-state index in [1.54, 1.807) is 23.1 Å². The number of alkyl halides is 2. The summed E-state index contributed by atoms with van der Waals surface area (Å²) in [6, 6.07) is 4.63. The Morgan fingerprint density at radius 1 is 1.12 bits per heavy atom. The van der Waals surface area contributed by atoms with Crippen LogP contribution in [-0.4, -0.2) is 78.6 Å². The topological polar surface area (TPSA) is 148 Å². The number of amides is 1. The van der Waals surface area contributed by atoms with Gasteiger partial charge in [-0.15, -0.1) is 0 Å². The predicted molar refractivity (Wildman–Crippen MR) is 162 cm³/mol. The summed E-state index contributed by atoms with van der Waals surface area (Å²) >= 11 is 0. The third-order valence-electron chi connectivity index (χ3n) is 6.87. The number of methoxy groups -OCH3 is 2. The van der Waals surface area contributed by atoms with E-state index < -0.39 is 18.2 Å². The van der Waals surface area contributed by atoms with Crippen molar-refractivity contribution >= 4 is 22.7 Å². The van der Waals surface area contributed by atoms with E-state index in [1.807, 2.05) is 20.8 Å². The molecule has 2 atom stereocenters. The molecule has 4 rings (SSSR count). The highest BCUT2D eigenvalue weighted by Gasteiger charge is 2.39. The Hall–Kier alpha value is -2.96. The van der Waals surface area contributed by atoms with Gasteiger partial charge in [0, 0.05) is 20.6 Å². The van der Waals surface area contributed by atoms with E-state index in [1.165, 1.54) is 34.0 Å². The second-order valence-electron chi connectivity index (χ2n) is 9.89. The molecule has 1 saturated heterocycles. The summed E-state index contributed by atoms with van der Waals surface area (Å²) in [6.07, 6.45) is 5.26. The lowest BCUT2D eigenvalue weighted by atomic mass is 10.00. The molecule has 0 unspecified atom stereocenters. The number of halogens is 2. The largest absolute Gasteiger partial charge is 0.497 e. The molecule has 0 radical (unpaired) electrons. The fourth-order valence-corrected chi connectivity index (χ4v) is 4.64. The van der Waals surface area contributed by atoms with Crippen LogP contribution in [0.15, 0.2) is 18.2 Å². The van der Waals surface area contributed by atoms with Gasteiger partial charge in [-0.2, -0.15) is 8.78 Å². The Balaban J connectivity index is 0. The zero-order valence-electron chi connectivity index (χ0n) is 25.0. The van der Waals surface area contributed by atoms with E-state index in [9.17, 15) is 18.4 Å². The van der Waals surface area contributed by atoms with E-state index in [0.717, 1.165) is 25.2 Å². The predicted octanol–water partition coefficient (Wildman–Crippen LogP) is 4.80. The third-order valence-corrected chi connectivity index (χ3v) is 6.87. The molecule has 0 spiro atoms. The highest BCUT2D eigenvalue weighted by molar-refractivity contribution is 5.89. The molecule has 2 aliphatic rings. The van der Waals surface area contributed by atoms with Gasteiger partial charge in [0.1, 0.15) is 12.4 Å². The molecule has 42 heavy (non-hydrogen) atoms. The number of nitrogens with zero attached hydrogens (tertiary/aromatic N) is 3. The summed E-state index contributed by atoms with van der Waals surface area (Å²) < 4.78 is 44.4. The van der Waals surface area contributed by atoms with Crippen molar-refractivity contribution in [2.24, 2.45) is 17.6 Å². The van der Waals surface area contributed by atoms with Gasteiger partial charge in [-0.25, -0.2) is 9.97 Å². The molecule has 4 N–H and O–H groups in total. The third kappa shape index (κ3) is 10.7. The zero-order valence-corrected chi connectivity index (χ0v) is 25.0. The van der Waals surface area contributed by atoms with Gasteiger partial charge < -0.3 is 30.3 Å². The van der Waals surface area contributed by atoms with E-state index in [-0.39, 0.29) is 50.4 Å². The Kier molecular flexibility index (Phi) is 17.2. The standard InChI is InChI=1S/C18H22F2N2O3.C9H16N2O2.C2H6.CH4.H2O.H2/c1-23-13-7-8-14-15(10-13)22-17(24-2)16(21-14)18(19,20)11-25-9-3-4-12-5-6-12;1-6-3-4-11(8(13)5-10)9(6)7(2)12;1-2;;;/h7-8,10,12H,3-6,9,11H2,1-2H3;6,9H,3-5,10H2,1-2H3;1-2H3;1H4;1H2;1H/t;6-,9+;;;;/m.1..../s1. The molecule has 1 aromatic carbocycles.